The predicted molar refractivity (Wildman–Crippen MR) is 377 cm³/mol. The van der Waals surface area contributed by atoms with E-state index in [1.165, 1.54) is 27.5 Å². The molecular weight excluding hydrogens is 1240 g/mol. The first-order chi connectivity index (χ1) is 46.3. The molecule has 1 aliphatic carbocycles. The molecule has 97 heavy (non-hydrogen) atoms. The number of urea groups is 1. The monoisotopic (exact) mass is 1330 g/mol. The molecule has 0 saturated heterocycles. The zero-order chi connectivity index (χ0) is 69.6. The Morgan fingerprint density at radius 2 is 1.45 bits per heavy atom. The van der Waals surface area contributed by atoms with Gasteiger partial charge in [-0.15, -0.1) is 0 Å². The summed E-state index contributed by atoms with van der Waals surface area (Å²) in [4.78, 5) is 89.0. The lowest BCUT2D eigenvalue weighted by molar-refractivity contribution is -0.903. The van der Waals surface area contributed by atoms with Crippen molar-refractivity contribution < 1.29 is 43.1 Å². The Labute approximate surface area is 571 Å². The van der Waals surface area contributed by atoms with E-state index in [0.717, 1.165) is 45.4 Å². The van der Waals surface area contributed by atoms with E-state index < -0.39 is 36.0 Å². The van der Waals surface area contributed by atoms with Crippen molar-refractivity contribution in [3.8, 4) is 34.2 Å². The normalized spacial score (nSPS) is 14.0. The van der Waals surface area contributed by atoms with Crippen molar-refractivity contribution in [2.24, 2.45) is 31.5 Å². The molecule has 504 valence electrons. The van der Waals surface area contributed by atoms with Crippen LogP contribution in [-0.2, 0) is 54.5 Å². The van der Waals surface area contributed by atoms with Crippen LogP contribution in [0.2, 0.25) is 5.02 Å². The van der Waals surface area contributed by atoms with Crippen molar-refractivity contribution in [1.82, 2.24) is 29.6 Å². The van der Waals surface area contributed by atoms with Gasteiger partial charge in [0.15, 0.2) is 0 Å². The molecule has 8 aromatic rings. The van der Waals surface area contributed by atoms with Crippen LogP contribution in [0.5, 0.6) is 5.75 Å². The molecule has 3 heterocycles. The van der Waals surface area contributed by atoms with Crippen LogP contribution < -0.4 is 32.3 Å². The van der Waals surface area contributed by atoms with Crippen LogP contribution in [0.25, 0.3) is 22.4 Å². The van der Waals surface area contributed by atoms with E-state index in [4.69, 9.17) is 27.8 Å². The Bertz CT molecular complexity index is 4290. The zero-order valence-electron chi connectivity index (χ0n) is 56.5. The third-order valence-electron chi connectivity index (χ3n) is 19.1. The highest BCUT2D eigenvalue weighted by Crippen LogP contribution is 2.45. The Morgan fingerprint density at radius 1 is 0.784 bits per heavy atom. The number of benzene rings is 6. The molecular formula is C76H86ClN12O8+. The van der Waals surface area contributed by atoms with Crippen LogP contribution in [0.3, 0.4) is 0 Å². The zero-order valence-corrected chi connectivity index (χ0v) is 57.2. The lowest BCUT2D eigenvalue weighted by atomic mass is 9.90. The summed E-state index contributed by atoms with van der Waals surface area (Å²) < 4.78 is 10.3. The molecule has 8 N–H and O–H groups in total. The molecule has 0 radical (unpaired) electrons. The number of halogens is 1. The second-order valence-corrected chi connectivity index (χ2v) is 27.0. The van der Waals surface area contributed by atoms with Gasteiger partial charge in [-0.05, 0) is 158 Å². The lowest BCUT2D eigenvalue weighted by Crippen LogP contribution is -2.51. The largest absolute Gasteiger partial charge is 0.508 e. The molecule has 21 heteroatoms. The van der Waals surface area contributed by atoms with Crippen molar-refractivity contribution in [1.29, 1.82) is 5.26 Å². The van der Waals surface area contributed by atoms with Gasteiger partial charge in [-0.2, -0.15) is 5.26 Å². The Morgan fingerprint density at radius 3 is 2.11 bits per heavy atom. The van der Waals surface area contributed by atoms with Crippen molar-refractivity contribution in [3.63, 3.8) is 0 Å². The average molecular weight is 1330 g/mol. The van der Waals surface area contributed by atoms with Crippen molar-refractivity contribution in [2.45, 2.75) is 103 Å². The first-order valence-electron chi connectivity index (χ1n) is 32.8. The molecule has 7 amide bonds. The average Bonchev–Trinajstić information content (AvgIpc) is 1.74. The maximum atomic E-state index is 15.6. The number of phenols is 1. The van der Waals surface area contributed by atoms with Gasteiger partial charge in [0.25, 0.3) is 11.8 Å². The van der Waals surface area contributed by atoms with Gasteiger partial charge in [0.05, 0.1) is 37.9 Å². The molecule has 0 spiro atoms. The number of primary amides is 1. The summed E-state index contributed by atoms with van der Waals surface area (Å²) in [5, 5.41) is 29.0. The van der Waals surface area contributed by atoms with E-state index in [1.807, 2.05) is 98.8 Å². The van der Waals surface area contributed by atoms with E-state index in [-0.39, 0.29) is 61.6 Å². The first-order valence-corrected chi connectivity index (χ1v) is 33.1. The summed E-state index contributed by atoms with van der Waals surface area (Å²) in [6, 6.07) is 44.6. The number of nitriles is 1. The number of rotatable bonds is 24. The van der Waals surface area contributed by atoms with E-state index in [1.54, 1.807) is 61.1 Å². The number of carbonyl (C=O) groups is 6. The third kappa shape index (κ3) is 15.6. The lowest BCUT2D eigenvalue weighted by Gasteiger charge is -2.38. The highest BCUT2D eigenvalue weighted by molar-refractivity contribution is 6.31. The van der Waals surface area contributed by atoms with Crippen molar-refractivity contribution >= 4 is 64.4 Å². The maximum Gasteiger partial charge on any atom is 0.409 e. The van der Waals surface area contributed by atoms with Crippen molar-refractivity contribution in [2.75, 3.05) is 51.1 Å². The topological polar surface area (TPSA) is 263 Å². The fraction of sp³-hybridized carbons (Fsp3) is 0.329. The molecule has 6 aromatic carbocycles. The number of amides is 7. The number of aromatic hydroxyl groups is 1. The van der Waals surface area contributed by atoms with Gasteiger partial charge in [0.1, 0.15) is 36.7 Å². The van der Waals surface area contributed by atoms with Crippen LogP contribution in [0.4, 0.5) is 26.7 Å². The summed E-state index contributed by atoms with van der Waals surface area (Å²) in [5.74, 6) is -1.86. The molecule has 0 saturated carbocycles. The predicted octanol–water partition coefficient (Wildman–Crippen LogP) is 11.7. The smallest absolute Gasteiger partial charge is 0.409 e. The van der Waals surface area contributed by atoms with E-state index >= 15 is 9.59 Å². The summed E-state index contributed by atoms with van der Waals surface area (Å²) in [5.41, 5.74) is 24.9. The second-order valence-electron chi connectivity index (χ2n) is 26.5. The summed E-state index contributed by atoms with van der Waals surface area (Å²) in [7, 11) is 9.59. The van der Waals surface area contributed by atoms with Crippen LogP contribution in [0.15, 0.2) is 146 Å². The third-order valence-corrected chi connectivity index (χ3v) is 19.3. The van der Waals surface area contributed by atoms with Gasteiger partial charge in [0, 0.05) is 103 Å². The minimum Gasteiger partial charge on any atom is -0.508 e. The SMILES string of the molecule is Cc1c(N(C(=O)c2cc(-c3cc(Cl)ccc3C(=O)N3Cc4ccccc4C[C@H]3CCC[N+](C)(C)Cc3ccc(NC(=O)[C@@H](CCCNC(N)=O)NC(=O)[C@H](N)C(C)C)cc3CN(C)C(=O)OCC3c4ccccc4-c4ccccc43)n(C)c2C)c2ccc(O)cc2)cc(C#N)n1C. The van der Waals surface area contributed by atoms with E-state index in [2.05, 4.69) is 72.5 Å². The van der Waals surface area contributed by atoms with Crippen molar-refractivity contribution in [3.05, 3.63) is 212 Å². The molecule has 2 aromatic heterocycles. The number of aromatic nitrogens is 2. The molecule has 10 rings (SSSR count). The molecule has 3 atom stereocenters. The van der Waals surface area contributed by atoms with Gasteiger partial charge in [-0.3, -0.25) is 24.1 Å². The number of hydrogen-bond donors (Lipinski definition) is 6. The highest BCUT2D eigenvalue weighted by Gasteiger charge is 2.36. The molecule has 1 aliphatic heterocycles. The number of ether oxygens (including phenoxy) is 1. The minimum atomic E-state index is -1.01. The summed E-state index contributed by atoms with van der Waals surface area (Å²) >= 11 is 6.83. The number of quaternary nitrogens is 1. The first kappa shape index (κ1) is 69.6. The molecule has 0 unspecified atom stereocenters. The van der Waals surface area contributed by atoms with Crippen LogP contribution >= 0.6 is 11.6 Å². The van der Waals surface area contributed by atoms with Gasteiger partial charge in [-0.1, -0.05) is 104 Å². The number of anilines is 3. The fourth-order valence-electron chi connectivity index (χ4n) is 13.3. The van der Waals surface area contributed by atoms with Gasteiger partial charge in [-0.25, -0.2) is 9.59 Å². The van der Waals surface area contributed by atoms with Crippen LogP contribution in [-0.4, -0.2) is 123 Å². The second kappa shape index (κ2) is 29.8. The number of phenolic OH excluding ortho intramolecular Hbond substituents is 1. The molecule has 0 fully saturated rings. The number of nitrogens with one attached hydrogen (secondary N) is 3. The van der Waals surface area contributed by atoms with Gasteiger partial charge in [0.2, 0.25) is 11.8 Å². The summed E-state index contributed by atoms with van der Waals surface area (Å²) in [6.07, 6.45) is 1.99. The standard InChI is InChI=1S/C76H85ClN12O8/c1-46(2)70(79)72(92)83-67(25-16-34-81-75(80)95)71(91)82-54-28-26-51(52(36-54)42-84(5)76(96)97-45-66-61-23-14-12-21-59(61)60-22-13-15-24-62(60)66)44-89(8,9)35-17-20-56-37-49-18-10-11-19-50(49)43-87(56)73(93)63-33-27-53(77)38-65(63)69-40-64(47(3)86(69)7)74(94)88(55-29-31-58(90)32-30-55)68-39-57(41-78)85(6)48(68)4/h10-15,18-19,21-24,26-33,36,38-40,46,56,66-67,70H,16-17,20,25,34-35,37,42-45,79H2,1-9H3,(H5-,80,81,82,83,90,91,92,95)/p+1/t56-,67-,70-/m1/s1. The molecule has 20 nitrogen and oxygen atoms in total. The number of hydrogen-bond acceptors (Lipinski definition) is 10. The number of carbonyl (C=O) groups excluding carboxylic acids is 6. The van der Waals surface area contributed by atoms with E-state index in [9.17, 15) is 29.5 Å². The quantitative estimate of drug-likeness (QED) is 0.0246. The van der Waals surface area contributed by atoms with Crippen LogP contribution in [0, 0.1) is 31.1 Å². The van der Waals surface area contributed by atoms with Gasteiger partial charge >= 0.3 is 12.1 Å². The van der Waals surface area contributed by atoms with Crippen LogP contribution in [0.1, 0.15) is 117 Å². The highest BCUT2D eigenvalue weighted by atomic mass is 35.5. The number of nitrogens with two attached hydrogens (primary N) is 2. The Hall–Kier alpha value is -10.2. The summed E-state index contributed by atoms with van der Waals surface area (Å²) in [6.45, 7) is 9.34. The Kier molecular flexibility index (Phi) is 21.4. The maximum absolute atomic E-state index is 15.6. The molecule has 0 bridgehead atoms. The number of nitrogens with zero attached hydrogens (tertiary/aromatic N) is 7. The Balaban J connectivity index is 0.897. The van der Waals surface area contributed by atoms with E-state index in [0.29, 0.717) is 105 Å². The fourth-order valence-corrected chi connectivity index (χ4v) is 13.5. The van der Waals surface area contributed by atoms with Gasteiger partial charge < -0.3 is 60.7 Å². The minimum absolute atomic E-state index is 0.0301. The number of fused-ring (bicyclic) bond motifs is 4. The molecule has 2 aliphatic rings.